The van der Waals surface area contributed by atoms with Gasteiger partial charge in [-0.1, -0.05) is 0 Å². The minimum Gasteiger partial charge on any atom is -0.469 e. The molecule has 17 heavy (non-hydrogen) atoms. The van der Waals surface area contributed by atoms with Crippen LogP contribution in [0.3, 0.4) is 0 Å². The molecule has 0 saturated carbocycles. The molecule has 0 fully saturated rings. The van der Waals surface area contributed by atoms with Gasteiger partial charge >= 0.3 is 5.97 Å². The fourth-order valence-electron chi connectivity index (χ4n) is 1.25. The van der Waals surface area contributed by atoms with Gasteiger partial charge in [0.05, 0.1) is 18.4 Å². The molecule has 0 bridgehead atoms. The summed E-state index contributed by atoms with van der Waals surface area (Å²) in [6.45, 7) is 0.580. The van der Waals surface area contributed by atoms with E-state index in [0.29, 0.717) is 11.4 Å². The molecule has 0 unspecified atom stereocenters. The number of nitrogens with two attached hydrogens (primary N) is 1. The van der Waals surface area contributed by atoms with E-state index in [1.54, 1.807) is 6.07 Å². The summed E-state index contributed by atoms with van der Waals surface area (Å²) in [5.41, 5.74) is 5.42. The normalized spacial score (nSPS) is 9.53. The van der Waals surface area contributed by atoms with Crippen molar-refractivity contribution in [1.29, 1.82) is 0 Å². The first-order valence-corrected chi connectivity index (χ1v) is 5.87. The highest BCUT2D eigenvalue weighted by atomic mass is 35.5. The molecular weight excluding hydrogens is 262 g/mol. The van der Waals surface area contributed by atoms with E-state index in [1.807, 2.05) is 6.07 Å². The Kier molecular flexibility index (Phi) is 7.78. The van der Waals surface area contributed by atoms with Crippen LogP contribution in [0.2, 0.25) is 0 Å². The van der Waals surface area contributed by atoms with Gasteiger partial charge in [-0.2, -0.15) is 0 Å². The standard InChI is InChI=1S/C11H15NO3S.ClH/c1-15-11(14)5-3-9(13)10-4-2-8(16-10)6-7-12;/h2,4H,3,5-7,12H2,1H3;1H. The van der Waals surface area contributed by atoms with Gasteiger partial charge in [-0.15, -0.1) is 23.7 Å². The van der Waals surface area contributed by atoms with Crippen molar-refractivity contribution in [3.8, 4) is 0 Å². The summed E-state index contributed by atoms with van der Waals surface area (Å²) < 4.78 is 4.48. The molecule has 1 rings (SSSR count). The Morgan fingerprint density at radius 2 is 2.06 bits per heavy atom. The van der Waals surface area contributed by atoms with Crippen molar-refractivity contribution in [1.82, 2.24) is 0 Å². The SMILES string of the molecule is COC(=O)CCC(=O)c1ccc(CCN)s1.Cl. The summed E-state index contributed by atoms with van der Waals surface area (Å²) in [6.07, 6.45) is 1.13. The summed E-state index contributed by atoms with van der Waals surface area (Å²) in [5, 5.41) is 0. The van der Waals surface area contributed by atoms with Crippen LogP contribution >= 0.6 is 23.7 Å². The lowest BCUT2D eigenvalue weighted by molar-refractivity contribution is -0.140. The number of rotatable bonds is 6. The lowest BCUT2D eigenvalue weighted by Crippen LogP contribution is -2.04. The smallest absolute Gasteiger partial charge is 0.305 e. The number of ketones is 1. The zero-order valence-electron chi connectivity index (χ0n) is 9.60. The van der Waals surface area contributed by atoms with Crippen LogP contribution in [0.15, 0.2) is 12.1 Å². The van der Waals surface area contributed by atoms with E-state index >= 15 is 0 Å². The molecular formula is C11H16ClNO3S. The van der Waals surface area contributed by atoms with E-state index in [9.17, 15) is 9.59 Å². The predicted molar refractivity (Wildman–Crippen MR) is 69.9 cm³/mol. The van der Waals surface area contributed by atoms with Crippen molar-refractivity contribution < 1.29 is 14.3 Å². The van der Waals surface area contributed by atoms with Gasteiger partial charge in [0.2, 0.25) is 0 Å². The minimum atomic E-state index is -0.355. The van der Waals surface area contributed by atoms with Gasteiger partial charge in [-0.3, -0.25) is 9.59 Å². The molecule has 0 radical (unpaired) electrons. The highest BCUT2D eigenvalue weighted by molar-refractivity contribution is 7.14. The second-order valence-corrected chi connectivity index (χ2v) is 4.47. The quantitative estimate of drug-likeness (QED) is 0.636. The number of hydrogen-bond donors (Lipinski definition) is 1. The average molecular weight is 278 g/mol. The first kappa shape index (κ1) is 16.1. The van der Waals surface area contributed by atoms with Crippen LogP contribution in [0.5, 0.6) is 0 Å². The molecule has 1 aromatic rings. The number of carbonyl (C=O) groups is 2. The van der Waals surface area contributed by atoms with Gasteiger partial charge < -0.3 is 10.5 Å². The molecule has 0 aliphatic carbocycles. The van der Waals surface area contributed by atoms with E-state index in [0.717, 1.165) is 11.3 Å². The second kappa shape index (κ2) is 8.22. The Balaban J connectivity index is 0.00000256. The van der Waals surface area contributed by atoms with E-state index in [1.165, 1.54) is 18.4 Å². The molecule has 6 heteroatoms. The van der Waals surface area contributed by atoms with Crippen molar-refractivity contribution in [3.63, 3.8) is 0 Å². The van der Waals surface area contributed by atoms with Crippen molar-refractivity contribution >= 4 is 35.5 Å². The van der Waals surface area contributed by atoms with Crippen molar-refractivity contribution in [2.75, 3.05) is 13.7 Å². The molecule has 1 heterocycles. The zero-order valence-corrected chi connectivity index (χ0v) is 11.2. The third-order valence-electron chi connectivity index (χ3n) is 2.11. The number of thiophene rings is 1. The summed E-state index contributed by atoms with van der Waals surface area (Å²) in [6, 6.07) is 3.69. The predicted octanol–water partition coefficient (Wildman–Crippen LogP) is 1.81. The van der Waals surface area contributed by atoms with Crippen molar-refractivity contribution in [2.45, 2.75) is 19.3 Å². The van der Waals surface area contributed by atoms with Gasteiger partial charge in [0.25, 0.3) is 0 Å². The van der Waals surface area contributed by atoms with Crippen LogP contribution < -0.4 is 5.73 Å². The summed E-state index contributed by atoms with van der Waals surface area (Å²) in [5.74, 6) is -0.370. The maximum Gasteiger partial charge on any atom is 0.305 e. The number of methoxy groups -OCH3 is 1. The molecule has 0 spiro atoms. The fraction of sp³-hybridized carbons (Fsp3) is 0.455. The molecule has 0 atom stereocenters. The monoisotopic (exact) mass is 277 g/mol. The molecule has 0 aliphatic heterocycles. The van der Waals surface area contributed by atoms with Gasteiger partial charge in [-0.05, 0) is 25.1 Å². The van der Waals surface area contributed by atoms with E-state index in [2.05, 4.69) is 4.74 Å². The van der Waals surface area contributed by atoms with Crippen LogP contribution in [0.25, 0.3) is 0 Å². The Hall–Kier alpha value is -0.910. The maximum absolute atomic E-state index is 11.7. The first-order valence-electron chi connectivity index (χ1n) is 5.06. The largest absolute Gasteiger partial charge is 0.469 e. The van der Waals surface area contributed by atoms with Crippen LogP contribution in [0.1, 0.15) is 27.4 Å². The van der Waals surface area contributed by atoms with Crippen LogP contribution in [0.4, 0.5) is 0 Å². The lowest BCUT2D eigenvalue weighted by atomic mass is 10.2. The van der Waals surface area contributed by atoms with E-state index < -0.39 is 0 Å². The second-order valence-electron chi connectivity index (χ2n) is 3.30. The zero-order chi connectivity index (χ0) is 12.0. The Morgan fingerprint density at radius 3 is 2.65 bits per heavy atom. The van der Waals surface area contributed by atoms with Crippen molar-refractivity contribution in [2.24, 2.45) is 5.73 Å². The summed E-state index contributed by atoms with van der Waals surface area (Å²) >= 11 is 1.44. The highest BCUT2D eigenvalue weighted by Gasteiger charge is 2.11. The number of ether oxygens (including phenoxy) is 1. The van der Waals surface area contributed by atoms with Gasteiger partial charge in [0, 0.05) is 11.3 Å². The highest BCUT2D eigenvalue weighted by Crippen LogP contribution is 2.19. The Bertz CT molecular complexity index is 379. The van der Waals surface area contributed by atoms with Gasteiger partial charge in [0.1, 0.15) is 0 Å². The number of hydrogen-bond acceptors (Lipinski definition) is 5. The first-order chi connectivity index (χ1) is 7.67. The molecule has 96 valence electrons. The number of carbonyl (C=O) groups excluding carboxylic acids is 2. The summed E-state index contributed by atoms with van der Waals surface area (Å²) in [7, 11) is 1.32. The Labute approximate surface area is 111 Å². The maximum atomic E-state index is 11.7. The van der Waals surface area contributed by atoms with E-state index in [4.69, 9.17) is 5.73 Å². The topological polar surface area (TPSA) is 69.4 Å². The van der Waals surface area contributed by atoms with Crippen LogP contribution in [-0.2, 0) is 16.0 Å². The fourth-order valence-corrected chi connectivity index (χ4v) is 2.24. The molecule has 4 nitrogen and oxygen atoms in total. The number of esters is 1. The number of halogens is 1. The van der Waals surface area contributed by atoms with E-state index in [-0.39, 0.29) is 37.0 Å². The Morgan fingerprint density at radius 1 is 1.35 bits per heavy atom. The molecule has 0 aliphatic rings. The van der Waals surface area contributed by atoms with Crippen LogP contribution in [-0.4, -0.2) is 25.4 Å². The third kappa shape index (κ3) is 5.30. The van der Waals surface area contributed by atoms with Crippen LogP contribution in [0, 0.1) is 0 Å². The molecule has 0 aromatic carbocycles. The van der Waals surface area contributed by atoms with Crippen molar-refractivity contribution in [3.05, 3.63) is 21.9 Å². The molecule has 0 amide bonds. The summed E-state index contributed by atoms with van der Waals surface area (Å²) in [4.78, 5) is 24.3. The molecule has 2 N–H and O–H groups in total. The molecule has 1 aromatic heterocycles. The lowest BCUT2D eigenvalue weighted by Gasteiger charge is -1.97. The third-order valence-corrected chi connectivity index (χ3v) is 3.30. The van der Waals surface area contributed by atoms with Gasteiger partial charge in [0.15, 0.2) is 5.78 Å². The minimum absolute atomic E-state index is 0. The number of Topliss-reactive ketones (excluding diaryl/α,β-unsaturated/α-hetero) is 1. The average Bonchev–Trinajstić information content (AvgIpc) is 2.74. The van der Waals surface area contributed by atoms with Gasteiger partial charge in [-0.25, -0.2) is 0 Å². The molecule has 0 saturated heterocycles.